The standard InChI is InChI=1S/C18H17N3O2S/c1-11(19-12(2)22)17(23)21-18-20-16(10-24-18)15-9-5-7-13-6-3-4-8-14(13)15/h3-11H,1-2H3,(H,19,22)(H,20,21,23)/t11-/m0/s1. The normalized spacial score (nSPS) is 11.9. The molecule has 3 aromatic rings. The summed E-state index contributed by atoms with van der Waals surface area (Å²) >= 11 is 1.36. The van der Waals surface area contributed by atoms with Crippen LogP contribution in [0.3, 0.4) is 0 Å². The average molecular weight is 339 g/mol. The van der Waals surface area contributed by atoms with Gasteiger partial charge < -0.3 is 10.6 Å². The maximum atomic E-state index is 12.0. The summed E-state index contributed by atoms with van der Waals surface area (Å²) in [5.74, 6) is -0.530. The SMILES string of the molecule is CC(=O)N[C@@H](C)C(=O)Nc1nc(-c2cccc3ccccc23)cs1. The molecule has 0 spiro atoms. The molecular weight excluding hydrogens is 322 g/mol. The molecular formula is C18H17N3O2S. The molecule has 2 N–H and O–H groups in total. The number of hydrogen-bond donors (Lipinski definition) is 2. The Balaban J connectivity index is 1.83. The second-order valence-corrected chi connectivity index (χ2v) is 6.33. The van der Waals surface area contributed by atoms with E-state index in [0.29, 0.717) is 5.13 Å². The van der Waals surface area contributed by atoms with Gasteiger partial charge in [-0.15, -0.1) is 11.3 Å². The van der Waals surface area contributed by atoms with Crippen molar-refractivity contribution in [3.05, 3.63) is 47.8 Å². The third-order valence-corrected chi connectivity index (χ3v) is 4.37. The van der Waals surface area contributed by atoms with Crippen molar-refractivity contribution in [2.75, 3.05) is 5.32 Å². The maximum Gasteiger partial charge on any atom is 0.248 e. The minimum absolute atomic E-state index is 0.242. The molecule has 0 saturated carbocycles. The van der Waals surface area contributed by atoms with E-state index in [4.69, 9.17) is 0 Å². The molecule has 2 amide bonds. The first-order valence-corrected chi connectivity index (χ1v) is 8.44. The minimum atomic E-state index is -0.604. The van der Waals surface area contributed by atoms with Crippen LogP contribution in [0.1, 0.15) is 13.8 Å². The van der Waals surface area contributed by atoms with Gasteiger partial charge in [-0.1, -0.05) is 42.5 Å². The van der Waals surface area contributed by atoms with E-state index in [1.54, 1.807) is 6.92 Å². The quantitative estimate of drug-likeness (QED) is 0.765. The Bertz CT molecular complexity index is 899. The molecule has 2 aromatic carbocycles. The van der Waals surface area contributed by atoms with Crippen molar-refractivity contribution in [1.29, 1.82) is 0 Å². The van der Waals surface area contributed by atoms with Crippen molar-refractivity contribution in [1.82, 2.24) is 10.3 Å². The topological polar surface area (TPSA) is 71.1 Å². The van der Waals surface area contributed by atoms with Crippen molar-refractivity contribution in [3.8, 4) is 11.3 Å². The van der Waals surface area contributed by atoms with Crippen molar-refractivity contribution >= 4 is 39.1 Å². The zero-order valence-corrected chi connectivity index (χ0v) is 14.2. The monoisotopic (exact) mass is 339 g/mol. The lowest BCUT2D eigenvalue weighted by Gasteiger charge is -2.10. The number of nitrogens with zero attached hydrogens (tertiary/aromatic N) is 1. The lowest BCUT2D eigenvalue weighted by atomic mass is 10.0. The highest BCUT2D eigenvalue weighted by Crippen LogP contribution is 2.30. The largest absolute Gasteiger partial charge is 0.345 e. The first-order chi connectivity index (χ1) is 11.5. The first-order valence-electron chi connectivity index (χ1n) is 7.56. The van der Waals surface area contributed by atoms with Gasteiger partial charge in [-0.3, -0.25) is 9.59 Å². The fraction of sp³-hybridized carbons (Fsp3) is 0.167. The van der Waals surface area contributed by atoms with Crippen LogP contribution < -0.4 is 10.6 Å². The highest BCUT2D eigenvalue weighted by molar-refractivity contribution is 7.14. The molecule has 0 saturated heterocycles. The Morgan fingerprint density at radius 1 is 1.12 bits per heavy atom. The molecule has 0 radical (unpaired) electrons. The Labute approximate surface area is 143 Å². The van der Waals surface area contributed by atoms with Crippen LogP contribution in [-0.2, 0) is 9.59 Å². The van der Waals surface area contributed by atoms with Gasteiger partial charge in [0.05, 0.1) is 5.69 Å². The van der Waals surface area contributed by atoms with Gasteiger partial charge in [0, 0.05) is 17.9 Å². The lowest BCUT2D eigenvalue weighted by Crippen LogP contribution is -2.40. The number of fused-ring (bicyclic) bond motifs is 1. The molecule has 122 valence electrons. The van der Waals surface area contributed by atoms with Gasteiger partial charge in [0.15, 0.2) is 5.13 Å². The summed E-state index contributed by atoms with van der Waals surface area (Å²) in [6.07, 6.45) is 0. The van der Waals surface area contributed by atoms with E-state index in [1.165, 1.54) is 18.3 Å². The van der Waals surface area contributed by atoms with E-state index in [-0.39, 0.29) is 11.8 Å². The summed E-state index contributed by atoms with van der Waals surface area (Å²) in [6.45, 7) is 3.02. The third kappa shape index (κ3) is 3.44. The number of benzene rings is 2. The predicted molar refractivity (Wildman–Crippen MR) is 97.0 cm³/mol. The van der Waals surface area contributed by atoms with E-state index in [1.807, 2.05) is 29.6 Å². The van der Waals surface area contributed by atoms with Crippen molar-refractivity contribution in [2.24, 2.45) is 0 Å². The van der Waals surface area contributed by atoms with Crippen LogP contribution in [0.25, 0.3) is 22.0 Å². The van der Waals surface area contributed by atoms with Gasteiger partial charge in [-0.25, -0.2) is 4.98 Å². The number of aromatic nitrogens is 1. The molecule has 0 aliphatic carbocycles. The van der Waals surface area contributed by atoms with Gasteiger partial charge in [-0.05, 0) is 17.7 Å². The smallest absolute Gasteiger partial charge is 0.248 e. The van der Waals surface area contributed by atoms with E-state index in [2.05, 4.69) is 33.8 Å². The second-order valence-electron chi connectivity index (χ2n) is 5.48. The Kier molecular flexibility index (Phi) is 4.57. The molecule has 6 heteroatoms. The molecule has 3 rings (SSSR count). The van der Waals surface area contributed by atoms with Gasteiger partial charge in [-0.2, -0.15) is 0 Å². The molecule has 1 heterocycles. The van der Waals surface area contributed by atoms with Crippen molar-refractivity contribution in [3.63, 3.8) is 0 Å². The minimum Gasteiger partial charge on any atom is -0.345 e. The van der Waals surface area contributed by atoms with Crippen LogP contribution in [0, 0.1) is 0 Å². The van der Waals surface area contributed by atoms with Crippen molar-refractivity contribution < 1.29 is 9.59 Å². The summed E-state index contributed by atoms with van der Waals surface area (Å²) < 4.78 is 0. The lowest BCUT2D eigenvalue weighted by molar-refractivity contribution is -0.124. The first kappa shape index (κ1) is 16.1. The van der Waals surface area contributed by atoms with Crippen molar-refractivity contribution in [2.45, 2.75) is 19.9 Å². The predicted octanol–water partition coefficient (Wildman–Crippen LogP) is 3.43. The van der Waals surface area contributed by atoms with Gasteiger partial charge >= 0.3 is 0 Å². The number of nitrogens with one attached hydrogen (secondary N) is 2. The van der Waals surface area contributed by atoms with E-state index < -0.39 is 6.04 Å². The highest BCUT2D eigenvalue weighted by atomic mass is 32.1. The molecule has 0 aliphatic rings. The molecule has 1 atom stereocenters. The molecule has 0 aliphatic heterocycles. The maximum absolute atomic E-state index is 12.0. The van der Waals surface area contributed by atoms with E-state index in [0.717, 1.165) is 22.0 Å². The number of rotatable bonds is 4. The summed E-state index contributed by atoms with van der Waals surface area (Å²) in [4.78, 5) is 27.6. The summed E-state index contributed by atoms with van der Waals surface area (Å²) in [7, 11) is 0. The molecule has 5 nitrogen and oxygen atoms in total. The number of anilines is 1. The Morgan fingerprint density at radius 2 is 1.88 bits per heavy atom. The van der Waals surface area contributed by atoms with Gasteiger partial charge in [0.2, 0.25) is 11.8 Å². The number of carbonyl (C=O) groups is 2. The number of amides is 2. The molecule has 24 heavy (non-hydrogen) atoms. The van der Waals surface area contributed by atoms with Gasteiger partial charge in [0.25, 0.3) is 0 Å². The zero-order chi connectivity index (χ0) is 17.1. The van der Waals surface area contributed by atoms with Crippen LogP contribution in [0.2, 0.25) is 0 Å². The summed E-state index contributed by atoms with van der Waals surface area (Å²) in [5, 5.41) is 9.99. The summed E-state index contributed by atoms with van der Waals surface area (Å²) in [6, 6.07) is 13.6. The Morgan fingerprint density at radius 3 is 2.67 bits per heavy atom. The number of hydrogen-bond acceptors (Lipinski definition) is 4. The zero-order valence-electron chi connectivity index (χ0n) is 13.4. The van der Waals surface area contributed by atoms with Crippen LogP contribution in [-0.4, -0.2) is 22.8 Å². The fourth-order valence-electron chi connectivity index (χ4n) is 2.49. The van der Waals surface area contributed by atoms with Crippen LogP contribution >= 0.6 is 11.3 Å². The molecule has 0 fully saturated rings. The number of thiazole rings is 1. The van der Waals surface area contributed by atoms with Crippen LogP contribution in [0.4, 0.5) is 5.13 Å². The highest BCUT2D eigenvalue weighted by Gasteiger charge is 2.16. The fourth-order valence-corrected chi connectivity index (χ4v) is 3.20. The average Bonchev–Trinajstić information content (AvgIpc) is 3.02. The Hall–Kier alpha value is -2.73. The van der Waals surface area contributed by atoms with Gasteiger partial charge in [0.1, 0.15) is 6.04 Å². The van der Waals surface area contributed by atoms with Crippen LogP contribution in [0.15, 0.2) is 47.8 Å². The second kappa shape index (κ2) is 6.80. The molecule has 0 bridgehead atoms. The van der Waals surface area contributed by atoms with E-state index in [9.17, 15) is 9.59 Å². The summed E-state index contributed by atoms with van der Waals surface area (Å²) in [5.41, 5.74) is 1.85. The van der Waals surface area contributed by atoms with E-state index >= 15 is 0 Å². The number of carbonyl (C=O) groups excluding carboxylic acids is 2. The van der Waals surface area contributed by atoms with Crippen LogP contribution in [0.5, 0.6) is 0 Å². The molecule has 0 unspecified atom stereocenters. The third-order valence-electron chi connectivity index (χ3n) is 3.61. The molecule has 1 aromatic heterocycles.